The molecule has 0 fully saturated rings. The number of hydrogen-bond acceptors (Lipinski definition) is 4. The summed E-state index contributed by atoms with van der Waals surface area (Å²) in [5.41, 5.74) is 5.66. The molecule has 0 spiro atoms. The number of rotatable bonds is 4. The van der Waals surface area contributed by atoms with Crippen LogP contribution in [0.4, 0.5) is 0 Å². The van der Waals surface area contributed by atoms with E-state index in [1.807, 2.05) is 0 Å². The van der Waals surface area contributed by atoms with Crippen LogP contribution in [0.2, 0.25) is 5.02 Å². The number of halogens is 1. The SMILES string of the molecule is O=C(C=Cc1ccco1)NC(=S)NNC(=O)Cc1ccc(Cl)cc1. The van der Waals surface area contributed by atoms with Crippen LogP contribution in [0.3, 0.4) is 0 Å². The second-order valence-corrected chi connectivity index (χ2v) is 5.49. The number of carbonyl (C=O) groups excluding carboxylic acids is 2. The van der Waals surface area contributed by atoms with Gasteiger partial charge in [-0.3, -0.25) is 25.8 Å². The van der Waals surface area contributed by atoms with Crippen LogP contribution in [0.25, 0.3) is 6.08 Å². The van der Waals surface area contributed by atoms with E-state index in [9.17, 15) is 9.59 Å². The summed E-state index contributed by atoms with van der Waals surface area (Å²) in [5.74, 6) is -0.212. The Balaban J connectivity index is 1.71. The molecule has 0 saturated heterocycles. The van der Waals surface area contributed by atoms with E-state index >= 15 is 0 Å². The monoisotopic (exact) mass is 363 g/mol. The molecule has 2 amide bonds. The zero-order valence-corrected chi connectivity index (χ0v) is 14.0. The number of amides is 2. The van der Waals surface area contributed by atoms with Crippen LogP contribution in [-0.4, -0.2) is 16.9 Å². The Morgan fingerprint density at radius 2 is 1.92 bits per heavy atom. The molecule has 2 rings (SSSR count). The molecule has 24 heavy (non-hydrogen) atoms. The molecule has 0 bridgehead atoms. The van der Waals surface area contributed by atoms with Gasteiger partial charge in [0.25, 0.3) is 0 Å². The molecule has 0 aliphatic heterocycles. The molecule has 3 N–H and O–H groups in total. The van der Waals surface area contributed by atoms with Crippen LogP contribution in [0, 0.1) is 0 Å². The minimum atomic E-state index is -0.448. The van der Waals surface area contributed by atoms with Gasteiger partial charge in [0.15, 0.2) is 5.11 Å². The van der Waals surface area contributed by atoms with Gasteiger partial charge in [0.2, 0.25) is 11.8 Å². The number of furan rings is 1. The van der Waals surface area contributed by atoms with Gasteiger partial charge in [-0.25, -0.2) is 0 Å². The number of nitrogens with one attached hydrogen (secondary N) is 3. The van der Waals surface area contributed by atoms with E-state index < -0.39 is 5.91 Å². The summed E-state index contributed by atoms with van der Waals surface area (Å²) in [4.78, 5) is 23.4. The Bertz CT molecular complexity index is 742. The van der Waals surface area contributed by atoms with Crippen molar-refractivity contribution < 1.29 is 14.0 Å². The molecular formula is C16H14ClN3O3S. The zero-order valence-electron chi connectivity index (χ0n) is 12.4. The highest BCUT2D eigenvalue weighted by Crippen LogP contribution is 2.09. The molecule has 0 aliphatic rings. The number of hydrazine groups is 1. The van der Waals surface area contributed by atoms with Crippen LogP contribution in [0.15, 0.2) is 53.2 Å². The van der Waals surface area contributed by atoms with Gasteiger partial charge in [-0.15, -0.1) is 0 Å². The molecule has 8 heteroatoms. The van der Waals surface area contributed by atoms with Crippen molar-refractivity contribution in [1.29, 1.82) is 0 Å². The molecule has 0 aliphatic carbocycles. The zero-order chi connectivity index (χ0) is 17.4. The molecule has 0 unspecified atom stereocenters. The quantitative estimate of drug-likeness (QED) is 0.440. The average molecular weight is 364 g/mol. The van der Waals surface area contributed by atoms with Gasteiger partial charge >= 0.3 is 0 Å². The van der Waals surface area contributed by atoms with E-state index in [2.05, 4.69) is 16.2 Å². The van der Waals surface area contributed by atoms with Gasteiger partial charge in [-0.05, 0) is 48.1 Å². The minimum absolute atomic E-state index is 0.0199. The van der Waals surface area contributed by atoms with E-state index in [0.29, 0.717) is 10.8 Å². The van der Waals surface area contributed by atoms with E-state index in [1.165, 1.54) is 18.4 Å². The second kappa shape index (κ2) is 8.85. The lowest BCUT2D eigenvalue weighted by Crippen LogP contribution is -2.48. The Kier molecular flexibility index (Phi) is 6.53. The van der Waals surface area contributed by atoms with Gasteiger partial charge in [0, 0.05) is 11.1 Å². The summed E-state index contributed by atoms with van der Waals surface area (Å²) in [6.07, 6.45) is 4.42. The van der Waals surface area contributed by atoms with Crippen molar-refractivity contribution in [2.75, 3.05) is 0 Å². The molecule has 0 radical (unpaired) electrons. The maximum absolute atomic E-state index is 11.8. The van der Waals surface area contributed by atoms with Gasteiger partial charge < -0.3 is 4.42 Å². The van der Waals surface area contributed by atoms with Crippen LogP contribution in [-0.2, 0) is 16.0 Å². The smallest absolute Gasteiger partial charge is 0.250 e. The van der Waals surface area contributed by atoms with Crippen LogP contribution < -0.4 is 16.2 Å². The summed E-state index contributed by atoms with van der Waals surface area (Å²) in [6.45, 7) is 0. The standard InChI is InChI=1S/C16H14ClN3O3S/c17-12-5-3-11(4-6-12)10-15(22)19-20-16(24)18-14(21)8-7-13-2-1-9-23-13/h1-9H,10H2,(H,19,22)(H2,18,20,21,24). The summed E-state index contributed by atoms with van der Waals surface area (Å²) < 4.78 is 5.05. The highest BCUT2D eigenvalue weighted by molar-refractivity contribution is 7.80. The topological polar surface area (TPSA) is 83.4 Å². The molecule has 6 nitrogen and oxygen atoms in total. The summed E-state index contributed by atoms with van der Waals surface area (Å²) in [7, 11) is 0. The lowest BCUT2D eigenvalue weighted by atomic mass is 10.1. The molecule has 0 saturated carbocycles. The molecule has 124 valence electrons. The molecular weight excluding hydrogens is 350 g/mol. The van der Waals surface area contributed by atoms with Crippen molar-refractivity contribution >= 4 is 46.8 Å². The lowest BCUT2D eigenvalue weighted by molar-refractivity contribution is -0.121. The third-order valence-electron chi connectivity index (χ3n) is 2.77. The van der Waals surface area contributed by atoms with Crippen molar-refractivity contribution in [2.45, 2.75) is 6.42 Å². The summed E-state index contributed by atoms with van der Waals surface area (Å²) in [6, 6.07) is 10.3. The van der Waals surface area contributed by atoms with E-state index in [1.54, 1.807) is 36.4 Å². The normalized spacial score (nSPS) is 10.4. The summed E-state index contributed by atoms with van der Waals surface area (Å²) >= 11 is 10.7. The Labute approximate surface area is 148 Å². The van der Waals surface area contributed by atoms with Gasteiger partial charge in [-0.2, -0.15) is 0 Å². The van der Waals surface area contributed by atoms with Crippen molar-refractivity contribution in [3.05, 3.63) is 65.1 Å². The maximum Gasteiger partial charge on any atom is 0.250 e. The van der Waals surface area contributed by atoms with E-state index in [-0.39, 0.29) is 17.4 Å². The first-order chi connectivity index (χ1) is 11.5. The Morgan fingerprint density at radius 3 is 2.58 bits per heavy atom. The fraction of sp³-hybridized carbons (Fsp3) is 0.0625. The molecule has 0 atom stereocenters. The Morgan fingerprint density at radius 1 is 1.17 bits per heavy atom. The van der Waals surface area contributed by atoms with Crippen molar-refractivity contribution in [3.8, 4) is 0 Å². The average Bonchev–Trinajstić information content (AvgIpc) is 3.07. The van der Waals surface area contributed by atoms with Crippen molar-refractivity contribution in [1.82, 2.24) is 16.2 Å². The maximum atomic E-state index is 11.8. The van der Waals surface area contributed by atoms with Gasteiger partial charge in [0.05, 0.1) is 12.7 Å². The fourth-order valence-electron chi connectivity index (χ4n) is 1.69. The summed E-state index contributed by atoms with van der Waals surface area (Å²) in [5, 5.41) is 2.97. The van der Waals surface area contributed by atoms with Crippen LogP contribution in [0.5, 0.6) is 0 Å². The minimum Gasteiger partial charge on any atom is -0.465 e. The largest absolute Gasteiger partial charge is 0.465 e. The van der Waals surface area contributed by atoms with E-state index in [0.717, 1.165) is 5.56 Å². The molecule has 1 aromatic heterocycles. The van der Waals surface area contributed by atoms with Gasteiger partial charge in [-0.1, -0.05) is 23.7 Å². The van der Waals surface area contributed by atoms with Gasteiger partial charge in [0.1, 0.15) is 5.76 Å². The highest BCUT2D eigenvalue weighted by Gasteiger charge is 2.05. The predicted molar refractivity (Wildman–Crippen MR) is 94.9 cm³/mol. The first kappa shape index (κ1) is 17.7. The number of benzene rings is 1. The van der Waals surface area contributed by atoms with Crippen LogP contribution in [0.1, 0.15) is 11.3 Å². The second-order valence-electron chi connectivity index (χ2n) is 4.64. The molecule has 1 heterocycles. The third-order valence-corrected chi connectivity index (χ3v) is 3.23. The first-order valence-electron chi connectivity index (χ1n) is 6.89. The number of hydrogen-bond donors (Lipinski definition) is 3. The molecule has 2 aromatic rings. The number of carbonyl (C=O) groups is 2. The first-order valence-corrected chi connectivity index (χ1v) is 7.67. The Hall–Kier alpha value is -2.64. The lowest BCUT2D eigenvalue weighted by Gasteiger charge is -2.09. The van der Waals surface area contributed by atoms with Crippen molar-refractivity contribution in [3.63, 3.8) is 0 Å². The highest BCUT2D eigenvalue weighted by atomic mass is 35.5. The van der Waals surface area contributed by atoms with Crippen LogP contribution >= 0.6 is 23.8 Å². The van der Waals surface area contributed by atoms with E-state index in [4.69, 9.17) is 28.2 Å². The number of thiocarbonyl (C=S) groups is 1. The van der Waals surface area contributed by atoms with Crippen molar-refractivity contribution in [2.24, 2.45) is 0 Å². The molecule has 1 aromatic carbocycles. The fourth-order valence-corrected chi connectivity index (χ4v) is 1.96. The third kappa shape index (κ3) is 6.23. The predicted octanol–water partition coefficient (Wildman–Crippen LogP) is 2.21.